The van der Waals surface area contributed by atoms with Crippen molar-refractivity contribution in [2.75, 3.05) is 66.1 Å². The summed E-state index contributed by atoms with van der Waals surface area (Å²) in [6.07, 6.45) is 0.785. The topological polar surface area (TPSA) is 93.2 Å². The molecule has 2 aliphatic rings. The van der Waals surface area contributed by atoms with Crippen LogP contribution in [0.5, 0.6) is 0 Å². The lowest BCUT2D eigenvalue weighted by molar-refractivity contribution is 0.0222. The van der Waals surface area contributed by atoms with Gasteiger partial charge in [-0.3, -0.25) is 0 Å². The van der Waals surface area contributed by atoms with Gasteiger partial charge in [-0.2, -0.15) is 0 Å². The number of ether oxygens (including phenoxy) is 5. The Balaban J connectivity index is 0.000000341. The Morgan fingerprint density at radius 2 is 1.14 bits per heavy atom. The lowest BCUT2D eigenvalue weighted by atomic mass is 10.5. The summed E-state index contributed by atoms with van der Waals surface area (Å²) in [6.45, 7) is 11.0. The number of hydrogen-bond acceptors (Lipinski definition) is 7. The Morgan fingerprint density at radius 1 is 0.762 bits per heavy atom. The van der Waals surface area contributed by atoms with Gasteiger partial charge in [0.25, 0.3) is 0 Å². The summed E-state index contributed by atoms with van der Waals surface area (Å²) in [4.78, 5) is 0. The van der Waals surface area contributed by atoms with Crippen LogP contribution in [0.2, 0.25) is 0 Å². The van der Waals surface area contributed by atoms with E-state index in [1.807, 2.05) is 0 Å². The fourth-order valence-corrected chi connectivity index (χ4v) is 1.11. The lowest BCUT2D eigenvalue weighted by Gasteiger charge is -2.01. The van der Waals surface area contributed by atoms with Gasteiger partial charge < -0.3 is 33.9 Å². The third-order valence-electron chi connectivity index (χ3n) is 2.26. The van der Waals surface area contributed by atoms with Crippen molar-refractivity contribution in [3.63, 3.8) is 0 Å². The lowest BCUT2D eigenvalue weighted by Crippen LogP contribution is -2.09. The van der Waals surface area contributed by atoms with Crippen LogP contribution in [-0.2, 0) is 23.7 Å². The Morgan fingerprint density at radius 3 is 1.43 bits per heavy atom. The standard InChI is InChI=1S/C6H14O4.C6H10O3.C2H4/c7-1-3-9-5-6-10-4-2-8;1(5-3-8-5)7-2-6-4-9-6;1-2/h7-8H,1-6H2;5-6H,1-4H2;1-2H2. The van der Waals surface area contributed by atoms with Crippen LogP contribution in [0, 0.1) is 0 Å². The zero-order valence-corrected chi connectivity index (χ0v) is 12.6. The molecule has 0 saturated carbocycles. The SMILES string of the molecule is C(OCC1CO1)C1CO1.C=C.OCCOCCOCCO. The summed E-state index contributed by atoms with van der Waals surface area (Å²) in [6, 6.07) is 0. The van der Waals surface area contributed by atoms with Crippen LogP contribution >= 0.6 is 0 Å². The maximum Gasteiger partial charge on any atom is 0.104 e. The van der Waals surface area contributed by atoms with Crippen LogP contribution in [0.4, 0.5) is 0 Å². The van der Waals surface area contributed by atoms with Gasteiger partial charge in [0, 0.05) is 0 Å². The predicted molar refractivity (Wildman–Crippen MR) is 77.4 cm³/mol. The maximum atomic E-state index is 8.26. The molecule has 2 N–H and O–H groups in total. The van der Waals surface area contributed by atoms with Crippen LogP contribution in [0.25, 0.3) is 0 Å². The summed E-state index contributed by atoms with van der Waals surface area (Å²) in [5, 5.41) is 16.5. The third-order valence-corrected chi connectivity index (χ3v) is 2.26. The molecule has 0 radical (unpaired) electrons. The van der Waals surface area contributed by atoms with E-state index in [9.17, 15) is 0 Å². The van der Waals surface area contributed by atoms with Gasteiger partial charge in [-0.25, -0.2) is 0 Å². The van der Waals surface area contributed by atoms with Crippen molar-refractivity contribution < 1.29 is 33.9 Å². The van der Waals surface area contributed by atoms with Gasteiger partial charge in [0.2, 0.25) is 0 Å². The smallest absolute Gasteiger partial charge is 0.104 e. The van der Waals surface area contributed by atoms with Gasteiger partial charge >= 0.3 is 0 Å². The number of aliphatic hydroxyl groups is 2. The first kappa shape index (κ1) is 20.5. The fraction of sp³-hybridized carbons (Fsp3) is 0.857. The quantitative estimate of drug-likeness (QED) is 0.305. The molecule has 2 rings (SSSR count). The van der Waals surface area contributed by atoms with Crippen molar-refractivity contribution >= 4 is 0 Å². The average Bonchev–Trinajstić information content (AvgIpc) is 3.40. The molecule has 0 aromatic heterocycles. The van der Waals surface area contributed by atoms with Gasteiger partial charge in [0.15, 0.2) is 0 Å². The molecule has 0 aromatic rings. The fourth-order valence-electron chi connectivity index (χ4n) is 1.11. The summed E-state index contributed by atoms with van der Waals surface area (Å²) in [5.74, 6) is 0. The van der Waals surface area contributed by atoms with Gasteiger partial charge in [0.05, 0.1) is 66.1 Å². The Hall–Kier alpha value is -0.540. The molecule has 0 bridgehead atoms. The van der Waals surface area contributed by atoms with E-state index >= 15 is 0 Å². The highest BCUT2D eigenvalue weighted by molar-refractivity contribution is 4.71. The molecule has 0 aliphatic carbocycles. The van der Waals surface area contributed by atoms with Crippen molar-refractivity contribution in [2.45, 2.75) is 12.2 Å². The number of rotatable bonds is 11. The molecule has 0 aromatic carbocycles. The van der Waals surface area contributed by atoms with E-state index in [0.29, 0.717) is 38.6 Å². The molecule has 0 spiro atoms. The summed E-state index contributed by atoms with van der Waals surface area (Å²) >= 11 is 0. The largest absolute Gasteiger partial charge is 0.394 e. The summed E-state index contributed by atoms with van der Waals surface area (Å²) in [7, 11) is 0. The second-order valence-electron chi connectivity index (χ2n) is 4.12. The van der Waals surface area contributed by atoms with Crippen LogP contribution in [0.1, 0.15) is 0 Å². The first-order valence-electron chi connectivity index (χ1n) is 7.05. The van der Waals surface area contributed by atoms with Gasteiger partial charge in [-0.15, -0.1) is 13.2 Å². The van der Waals surface area contributed by atoms with Crippen molar-refractivity contribution in [2.24, 2.45) is 0 Å². The van der Waals surface area contributed by atoms with Crippen LogP contribution in [0.3, 0.4) is 0 Å². The molecule has 2 saturated heterocycles. The summed E-state index contributed by atoms with van der Waals surface area (Å²) < 4.78 is 24.9. The molecule has 2 unspecified atom stereocenters. The number of aliphatic hydroxyl groups excluding tert-OH is 2. The predicted octanol–water partition coefficient (Wildman–Crippen LogP) is -0.393. The minimum atomic E-state index is 0.0417. The third kappa shape index (κ3) is 17.4. The highest BCUT2D eigenvalue weighted by Gasteiger charge is 2.26. The zero-order chi connectivity index (χ0) is 15.8. The molecular formula is C14H28O7. The van der Waals surface area contributed by atoms with Crippen LogP contribution in [-0.4, -0.2) is 88.5 Å². The molecule has 2 heterocycles. The Kier molecular flexibility index (Phi) is 15.4. The van der Waals surface area contributed by atoms with E-state index in [2.05, 4.69) is 13.2 Å². The number of hydrogen-bond donors (Lipinski definition) is 2. The van der Waals surface area contributed by atoms with Crippen molar-refractivity contribution in [1.82, 2.24) is 0 Å². The zero-order valence-electron chi connectivity index (χ0n) is 12.6. The van der Waals surface area contributed by atoms with E-state index in [1.54, 1.807) is 0 Å². The normalized spacial score (nSPS) is 21.6. The molecule has 2 aliphatic heterocycles. The molecular weight excluding hydrogens is 280 g/mol. The van der Waals surface area contributed by atoms with E-state index in [-0.39, 0.29) is 13.2 Å². The second-order valence-corrected chi connectivity index (χ2v) is 4.12. The van der Waals surface area contributed by atoms with Crippen molar-refractivity contribution in [1.29, 1.82) is 0 Å². The first-order chi connectivity index (χ1) is 10.4. The molecule has 2 fully saturated rings. The van der Waals surface area contributed by atoms with Gasteiger partial charge in [-0.05, 0) is 0 Å². The summed E-state index contributed by atoms with van der Waals surface area (Å²) in [5.41, 5.74) is 0. The van der Waals surface area contributed by atoms with E-state index in [0.717, 1.165) is 26.4 Å². The minimum absolute atomic E-state index is 0.0417. The molecule has 7 nitrogen and oxygen atoms in total. The minimum Gasteiger partial charge on any atom is -0.394 e. The maximum absolute atomic E-state index is 8.26. The average molecular weight is 308 g/mol. The monoisotopic (exact) mass is 308 g/mol. The van der Waals surface area contributed by atoms with Crippen LogP contribution < -0.4 is 0 Å². The first-order valence-corrected chi connectivity index (χ1v) is 7.05. The van der Waals surface area contributed by atoms with Crippen LogP contribution in [0.15, 0.2) is 13.2 Å². The van der Waals surface area contributed by atoms with Crippen molar-refractivity contribution in [3.8, 4) is 0 Å². The molecule has 0 amide bonds. The number of epoxide rings is 2. The Labute approximate surface area is 126 Å². The highest BCUT2D eigenvalue weighted by Crippen LogP contribution is 2.12. The Bertz CT molecular complexity index is 187. The van der Waals surface area contributed by atoms with E-state index in [1.165, 1.54) is 0 Å². The molecule has 21 heavy (non-hydrogen) atoms. The van der Waals surface area contributed by atoms with E-state index in [4.69, 9.17) is 33.9 Å². The van der Waals surface area contributed by atoms with Crippen molar-refractivity contribution in [3.05, 3.63) is 13.2 Å². The molecule has 7 heteroatoms. The second kappa shape index (κ2) is 15.8. The van der Waals surface area contributed by atoms with E-state index < -0.39 is 0 Å². The van der Waals surface area contributed by atoms with Gasteiger partial charge in [0.1, 0.15) is 12.2 Å². The molecule has 126 valence electrons. The van der Waals surface area contributed by atoms with Gasteiger partial charge in [-0.1, -0.05) is 0 Å². The molecule has 2 atom stereocenters. The highest BCUT2D eigenvalue weighted by atomic mass is 16.6.